The van der Waals surface area contributed by atoms with E-state index in [1.165, 1.54) is 12.1 Å². The summed E-state index contributed by atoms with van der Waals surface area (Å²) < 4.78 is 92.0. The minimum atomic E-state index is -4.60. The molecule has 3 aromatic rings. The third-order valence-corrected chi connectivity index (χ3v) is 6.71. The molecule has 0 aliphatic heterocycles. The zero-order chi connectivity index (χ0) is 23.8. The van der Waals surface area contributed by atoms with E-state index < -0.39 is 40.1 Å². The molecule has 0 heterocycles. The average Bonchev–Trinajstić information content (AvgIpc) is 2.62. The van der Waals surface area contributed by atoms with Gasteiger partial charge in [0.05, 0.1) is 20.5 Å². The van der Waals surface area contributed by atoms with E-state index in [1.807, 2.05) is 0 Å². The summed E-state index contributed by atoms with van der Waals surface area (Å²) in [6.07, 6.45) is 0. The number of halogens is 1. The van der Waals surface area contributed by atoms with E-state index in [-0.39, 0.29) is 32.1 Å². The van der Waals surface area contributed by atoms with Crippen molar-refractivity contribution in [3.05, 3.63) is 53.6 Å². The SMILES string of the molecule is Nc1ccc(S(=O)(=O)O)cc1Cl.O=S(=O)(O)c1ccc2c(O)ccc(S(=O)(=O)O)c2c1. The van der Waals surface area contributed by atoms with Gasteiger partial charge in [0.25, 0.3) is 30.4 Å². The second kappa shape index (κ2) is 8.58. The highest BCUT2D eigenvalue weighted by atomic mass is 35.5. The van der Waals surface area contributed by atoms with Gasteiger partial charge in [0, 0.05) is 10.8 Å². The van der Waals surface area contributed by atoms with Gasteiger partial charge in [0.2, 0.25) is 0 Å². The molecule has 0 aromatic heterocycles. The van der Waals surface area contributed by atoms with Crippen LogP contribution in [0.1, 0.15) is 0 Å². The van der Waals surface area contributed by atoms with Crippen molar-refractivity contribution in [2.75, 3.05) is 5.73 Å². The smallest absolute Gasteiger partial charge is 0.295 e. The lowest BCUT2D eigenvalue weighted by Gasteiger charge is -2.07. The minimum absolute atomic E-state index is 0.0301. The Morgan fingerprint density at radius 1 is 0.677 bits per heavy atom. The number of benzene rings is 3. The van der Waals surface area contributed by atoms with Crippen LogP contribution in [-0.4, -0.2) is 44.0 Å². The molecule has 0 radical (unpaired) electrons. The van der Waals surface area contributed by atoms with Crippen LogP contribution in [0.15, 0.2) is 63.2 Å². The molecule has 0 amide bonds. The third kappa shape index (κ3) is 6.04. The van der Waals surface area contributed by atoms with E-state index in [9.17, 15) is 30.4 Å². The number of rotatable bonds is 3. The first-order valence-electron chi connectivity index (χ1n) is 7.75. The molecule has 0 aliphatic rings. The Bertz CT molecular complexity index is 1480. The molecule has 0 atom stereocenters. The number of phenols is 1. The summed E-state index contributed by atoms with van der Waals surface area (Å²) in [6.45, 7) is 0. The Morgan fingerprint density at radius 3 is 1.68 bits per heavy atom. The third-order valence-electron chi connectivity index (χ3n) is 3.77. The summed E-state index contributed by atoms with van der Waals surface area (Å²) >= 11 is 5.52. The van der Waals surface area contributed by atoms with Crippen LogP contribution < -0.4 is 5.73 Å². The summed E-state index contributed by atoms with van der Waals surface area (Å²) in [5.41, 5.74) is 5.59. The quantitative estimate of drug-likeness (QED) is 0.254. The van der Waals surface area contributed by atoms with Crippen molar-refractivity contribution in [3.63, 3.8) is 0 Å². The summed E-state index contributed by atoms with van der Waals surface area (Å²) in [7, 11) is -13.3. The Balaban J connectivity index is 0.000000245. The van der Waals surface area contributed by atoms with E-state index >= 15 is 0 Å². The molecule has 11 nitrogen and oxygen atoms in total. The van der Waals surface area contributed by atoms with Gasteiger partial charge in [-0.3, -0.25) is 13.7 Å². The van der Waals surface area contributed by atoms with E-state index in [1.54, 1.807) is 0 Å². The lowest BCUT2D eigenvalue weighted by molar-refractivity contribution is 0.476. The van der Waals surface area contributed by atoms with Crippen molar-refractivity contribution in [3.8, 4) is 5.75 Å². The van der Waals surface area contributed by atoms with Crippen molar-refractivity contribution < 1.29 is 44.0 Å². The number of nitrogen functional groups attached to an aromatic ring is 1. The van der Waals surface area contributed by atoms with Crippen LogP contribution in [0.25, 0.3) is 10.8 Å². The van der Waals surface area contributed by atoms with Gasteiger partial charge in [-0.15, -0.1) is 0 Å². The van der Waals surface area contributed by atoms with Gasteiger partial charge < -0.3 is 10.8 Å². The molecule has 3 rings (SSSR count). The maximum absolute atomic E-state index is 11.2. The molecule has 168 valence electrons. The standard InChI is InChI=1S/C10H8O7S2.C6H6ClNO3S/c11-9-3-4-10(19(15,16)17)8-5-6(18(12,13)14)1-2-7(8)9;7-5-3-4(12(9,10)11)1-2-6(5)8/h1-5,11H,(H,12,13,14)(H,15,16,17);1-3H,8H2,(H,9,10,11). The molecule has 0 unspecified atom stereocenters. The maximum atomic E-state index is 11.2. The fourth-order valence-corrected chi connectivity index (χ4v) is 4.28. The zero-order valence-electron chi connectivity index (χ0n) is 15.0. The number of fused-ring (bicyclic) bond motifs is 1. The van der Waals surface area contributed by atoms with Gasteiger partial charge in [0.1, 0.15) is 10.6 Å². The second-order valence-electron chi connectivity index (χ2n) is 5.90. The van der Waals surface area contributed by atoms with Gasteiger partial charge in [-0.2, -0.15) is 25.3 Å². The predicted molar refractivity (Wildman–Crippen MR) is 111 cm³/mol. The molecule has 0 spiro atoms. The van der Waals surface area contributed by atoms with Crippen LogP contribution in [0.5, 0.6) is 5.75 Å². The Hall–Kier alpha value is -2.46. The second-order valence-corrected chi connectivity index (χ2v) is 10.5. The molecular weight excluding hydrogens is 498 g/mol. The van der Waals surface area contributed by atoms with Crippen molar-refractivity contribution >= 4 is 58.4 Å². The highest BCUT2D eigenvalue weighted by Gasteiger charge is 2.19. The molecule has 31 heavy (non-hydrogen) atoms. The monoisotopic (exact) mass is 511 g/mol. The molecule has 0 saturated heterocycles. The first-order chi connectivity index (χ1) is 14.0. The average molecular weight is 512 g/mol. The highest BCUT2D eigenvalue weighted by Crippen LogP contribution is 2.32. The van der Waals surface area contributed by atoms with E-state index in [2.05, 4.69) is 0 Å². The van der Waals surface area contributed by atoms with Crippen LogP contribution in [0, 0.1) is 0 Å². The van der Waals surface area contributed by atoms with Crippen LogP contribution >= 0.6 is 11.6 Å². The molecule has 0 aliphatic carbocycles. The summed E-state index contributed by atoms with van der Waals surface area (Å²) in [5, 5.41) is 9.49. The summed E-state index contributed by atoms with van der Waals surface area (Å²) in [6, 6.07) is 8.55. The molecule has 15 heteroatoms. The van der Waals surface area contributed by atoms with Crippen molar-refractivity contribution in [2.24, 2.45) is 0 Å². The van der Waals surface area contributed by atoms with Crippen molar-refractivity contribution in [1.82, 2.24) is 0 Å². The largest absolute Gasteiger partial charge is 0.507 e. The molecule has 0 saturated carbocycles. The van der Waals surface area contributed by atoms with Crippen LogP contribution in [0.4, 0.5) is 5.69 Å². The van der Waals surface area contributed by atoms with Crippen molar-refractivity contribution in [1.29, 1.82) is 0 Å². The number of anilines is 1. The zero-order valence-corrected chi connectivity index (χ0v) is 18.2. The summed E-state index contributed by atoms with van der Waals surface area (Å²) in [4.78, 5) is -1.37. The fourth-order valence-electron chi connectivity index (χ4n) is 2.34. The molecule has 0 bridgehead atoms. The van der Waals surface area contributed by atoms with Gasteiger partial charge in [-0.05, 0) is 48.5 Å². The molecule has 6 N–H and O–H groups in total. The van der Waals surface area contributed by atoms with Crippen molar-refractivity contribution in [2.45, 2.75) is 14.7 Å². The van der Waals surface area contributed by atoms with Crippen LogP contribution in [-0.2, 0) is 30.4 Å². The lowest BCUT2D eigenvalue weighted by Crippen LogP contribution is -2.01. The molecule has 3 aromatic carbocycles. The van der Waals surface area contributed by atoms with Gasteiger partial charge in [-0.25, -0.2) is 0 Å². The number of hydrogen-bond acceptors (Lipinski definition) is 8. The minimum Gasteiger partial charge on any atom is -0.507 e. The first kappa shape index (κ1) is 24.8. The van der Waals surface area contributed by atoms with Gasteiger partial charge >= 0.3 is 0 Å². The predicted octanol–water partition coefficient (Wildman–Crippen LogP) is 2.21. The van der Waals surface area contributed by atoms with E-state index in [4.69, 9.17) is 31.0 Å². The number of aromatic hydroxyl groups is 1. The van der Waals surface area contributed by atoms with Crippen LogP contribution in [0.2, 0.25) is 5.02 Å². The Labute approximate surface area is 181 Å². The lowest BCUT2D eigenvalue weighted by atomic mass is 10.1. The highest BCUT2D eigenvalue weighted by molar-refractivity contribution is 7.86. The summed E-state index contributed by atoms with van der Waals surface area (Å²) in [5.74, 6) is -0.288. The molecular formula is C16H14ClNO10S3. The number of hydrogen-bond donors (Lipinski definition) is 5. The Morgan fingerprint density at radius 2 is 1.19 bits per heavy atom. The molecule has 0 fully saturated rings. The Kier molecular flexibility index (Phi) is 6.87. The first-order valence-corrected chi connectivity index (χ1v) is 12.4. The van der Waals surface area contributed by atoms with E-state index in [0.717, 1.165) is 36.4 Å². The number of phenolic OH excluding ortho intramolecular Hbond substituents is 1. The van der Waals surface area contributed by atoms with Gasteiger partial charge in [-0.1, -0.05) is 11.6 Å². The fraction of sp³-hybridized carbons (Fsp3) is 0. The van der Waals surface area contributed by atoms with Gasteiger partial charge in [0.15, 0.2) is 0 Å². The van der Waals surface area contributed by atoms with E-state index in [0.29, 0.717) is 0 Å². The van der Waals surface area contributed by atoms with Crippen LogP contribution in [0.3, 0.4) is 0 Å². The maximum Gasteiger partial charge on any atom is 0.295 e. The topological polar surface area (TPSA) is 209 Å². The number of nitrogens with two attached hydrogens (primary N) is 1. The normalized spacial score (nSPS) is 12.3.